The first-order valence-corrected chi connectivity index (χ1v) is 10.1. The highest BCUT2D eigenvalue weighted by Gasteiger charge is 2.21. The zero-order chi connectivity index (χ0) is 22.7. The highest BCUT2D eigenvalue weighted by Crippen LogP contribution is 2.40. The molecule has 1 aromatic heterocycles. The van der Waals surface area contributed by atoms with Gasteiger partial charge in [0.1, 0.15) is 17.2 Å². The van der Waals surface area contributed by atoms with Gasteiger partial charge in [-0.2, -0.15) is 0 Å². The number of carbonyl (C=O) groups is 1. The SMILES string of the molecule is COc1cc(C(=O)c2ccccc2-c2c(OC)cccc2OC)ccc1-n1cnc(C)c1. The average molecular weight is 428 g/mol. The van der Waals surface area contributed by atoms with Gasteiger partial charge in [-0.05, 0) is 37.3 Å². The molecule has 4 aromatic rings. The molecule has 0 N–H and O–H groups in total. The van der Waals surface area contributed by atoms with E-state index < -0.39 is 0 Å². The van der Waals surface area contributed by atoms with Crippen LogP contribution in [0, 0.1) is 6.92 Å². The van der Waals surface area contributed by atoms with Crippen LogP contribution in [0.4, 0.5) is 0 Å². The average Bonchev–Trinajstić information content (AvgIpc) is 3.28. The van der Waals surface area contributed by atoms with Crippen LogP contribution < -0.4 is 14.2 Å². The van der Waals surface area contributed by atoms with Gasteiger partial charge in [-0.3, -0.25) is 4.79 Å². The van der Waals surface area contributed by atoms with Crippen LogP contribution in [-0.2, 0) is 0 Å². The van der Waals surface area contributed by atoms with Gasteiger partial charge >= 0.3 is 0 Å². The van der Waals surface area contributed by atoms with E-state index in [-0.39, 0.29) is 5.78 Å². The number of ether oxygens (including phenoxy) is 3. The van der Waals surface area contributed by atoms with Gasteiger partial charge in [0.25, 0.3) is 0 Å². The lowest BCUT2D eigenvalue weighted by Crippen LogP contribution is -2.06. The molecule has 0 saturated heterocycles. The van der Waals surface area contributed by atoms with Crippen molar-refractivity contribution < 1.29 is 19.0 Å². The molecule has 0 saturated carbocycles. The van der Waals surface area contributed by atoms with E-state index in [4.69, 9.17) is 14.2 Å². The van der Waals surface area contributed by atoms with Crippen LogP contribution in [0.25, 0.3) is 16.8 Å². The van der Waals surface area contributed by atoms with Crippen molar-refractivity contribution >= 4 is 5.78 Å². The summed E-state index contributed by atoms with van der Waals surface area (Å²) in [6, 6.07) is 18.4. The third-order valence-electron chi connectivity index (χ3n) is 5.30. The van der Waals surface area contributed by atoms with Gasteiger partial charge in [0.15, 0.2) is 5.78 Å². The Hall–Kier alpha value is -4.06. The van der Waals surface area contributed by atoms with Crippen LogP contribution in [0.15, 0.2) is 73.2 Å². The fourth-order valence-corrected chi connectivity index (χ4v) is 3.76. The normalized spacial score (nSPS) is 10.6. The Morgan fingerprint density at radius 2 is 1.53 bits per heavy atom. The molecule has 0 radical (unpaired) electrons. The van der Waals surface area contributed by atoms with Gasteiger partial charge < -0.3 is 18.8 Å². The lowest BCUT2D eigenvalue weighted by molar-refractivity contribution is 0.103. The number of ketones is 1. The second kappa shape index (κ2) is 8.98. The van der Waals surface area contributed by atoms with Gasteiger partial charge in [-0.15, -0.1) is 0 Å². The summed E-state index contributed by atoms with van der Waals surface area (Å²) in [4.78, 5) is 17.9. The Morgan fingerprint density at radius 3 is 2.16 bits per heavy atom. The van der Waals surface area contributed by atoms with Crippen molar-refractivity contribution in [3.63, 3.8) is 0 Å². The number of benzene rings is 3. The number of carbonyl (C=O) groups excluding carboxylic acids is 1. The molecule has 0 aliphatic rings. The number of hydrogen-bond acceptors (Lipinski definition) is 5. The van der Waals surface area contributed by atoms with Crippen molar-refractivity contribution in [1.29, 1.82) is 0 Å². The first-order valence-electron chi connectivity index (χ1n) is 10.1. The van der Waals surface area contributed by atoms with E-state index in [2.05, 4.69) is 4.98 Å². The molecular weight excluding hydrogens is 404 g/mol. The Labute approximate surface area is 187 Å². The van der Waals surface area contributed by atoms with Crippen molar-refractivity contribution in [3.8, 4) is 34.1 Å². The maximum Gasteiger partial charge on any atom is 0.193 e. The summed E-state index contributed by atoms with van der Waals surface area (Å²) in [7, 11) is 4.79. The minimum Gasteiger partial charge on any atom is -0.496 e. The van der Waals surface area contributed by atoms with Crippen LogP contribution >= 0.6 is 0 Å². The summed E-state index contributed by atoms with van der Waals surface area (Å²) in [5.74, 6) is 1.72. The summed E-state index contributed by atoms with van der Waals surface area (Å²) < 4.78 is 18.6. The number of nitrogens with zero attached hydrogens (tertiary/aromatic N) is 2. The zero-order valence-electron chi connectivity index (χ0n) is 18.5. The molecule has 4 rings (SSSR count). The molecule has 3 aromatic carbocycles. The van der Waals surface area contributed by atoms with E-state index in [1.54, 1.807) is 39.8 Å². The largest absolute Gasteiger partial charge is 0.496 e. The third-order valence-corrected chi connectivity index (χ3v) is 5.30. The van der Waals surface area contributed by atoms with Crippen LogP contribution in [-0.4, -0.2) is 36.7 Å². The fourth-order valence-electron chi connectivity index (χ4n) is 3.76. The van der Waals surface area contributed by atoms with Crippen LogP contribution in [0.3, 0.4) is 0 Å². The fraction of sp³-hybridized carbons (Fsp3) is 0.154. The number of aromatic nitrogens is 2. The van der Waals surface area contributed by atoms with Crippen molar-refractivity contribution in [1.82, 2.24) is 9.55 Å². The van der Waals surface area contributed by atoms with Crippen molar-refractivity contribution in [2.45, 2.75) is 6.92 Å². The maximum absolute atomic E-state index is 13.6. The molecule has 32 heavy (non-hydrogen) atoms. The monoisotopic (exact) mass is 428 g/mol. The summed E-state index contributed by atoms with van der Waals surface area (Å²) in [5, 5.41) is 0. The summed E-state index contributed by atoms with van der Waals surface area (Å²) in [5.41, 5.74) is 4.24. The maximum atomic E-state index is 13.6. The van der Waals surface area contributed by atoms with E-state index in [1.165, 1.54) is 0 Å². The van der Waals surface area contributed by atoms with Crippen LogP contribution in [0.2, 0.25) is 0 Å². The smallest absolute Gasteiger partial charge is 0.193 e. The second-order valence-electron chi connectivity index (χ2n) is 7.22. The predicted molar refractivity (Wildman–Crippen MR) is 123 cm³/mol. The number of hydrogen-bond donors (Lipinski definition) is 0. The summed E-state index contributed by atoms with van der Waals surface area (Å²) >= 11 is 0. The van der Waals surface area contributed by atoms with Gasteiger partial charge in [-0.1, -0.05) is 30.3 Å². The Balaban J connectivity index is 1.81. The van der Waals surface area contributed by atoms with E-state index in [1.807, 2.05) is 66.2 Å². The molecule has 1 heterocycles. The topological polar surface area (TPSA) is 62.6 Å². The van der Waals surface area contributed by atoms with Crippen molar-refractivity contribution in [3.05, 3.63) is 90.0 Å². The highest BCUT2D eigenvalue weighted by atomic mass is 16.5. The lowest BCUT2D eigenvalue weighted by atomic mass is 9.92. The second-order valence-corrected chi connectivity index (χ2v) is 7.22. The number of rotatable bonds is 7. The van der Waals surface area contributed by atoms with Crippen molar-refractivity contribution in [2.24, 2.45) is 0 Å². The van der Waals surface area contributed by atoms with Gasteiger partial charge in [0.2, 0.25) is 0 Å². The minimum atomic E-state index is -0.125. The van der Waals surface area contributed by atoms with E-state index in [0.717, 1.165) is 22.5 Å². The van der Waals surface area contributed by atoms with E-state index in [9.17, 15) is 4.79 Å². The molecule has 0 atom stereocenters. The molecule has 0 spiro atoms. The molecule has 6 nitrogen and oxygen atoms in total. The molecule has 0 aliphatic carbocycles. The first-order chi connectivity index (χ1) is 15.6. The highest BCUT2D eigenvalue weighted by molar-refractivity contribution is 6.13. The first kappa shape index (κ1) is 21.2. The lowest BCUT2D eigenvalue weighted by Gasteiger charge is -2.16. The molecule has 0 amide bonds. The Morgan fingerprint density at radius 1 is 0.844 bits per heavy atom. The number of aryl methyl sites for hydroxylation is 1. The van der Waals surface area contributed by atoms with Crippen LogP contribution in [0.1, 0.15) is 21.6 Å². The molecule has 162 valence electrons. The predicted octanol–water partition coefficient (Wildman–Crippen LogP) is 5.10. The Kier molecular flexibility index (Phi) is 5.94. The number of imidazole rings is 1. The molecular formula is C26H24N2O4. The quantitative estimate of drug-likeness (QED) is 0.383. The van der Waals surface area contributed by atoms with E-state index in [0.29, 0.717) is 28.4 Å². The summed E-state index contributed by atoms with van der Waals surface area (Å²) in [6.45, 7) is 1.92. The molecule has 0 unspecified atom stereocenters. The number of methoxy groups -OCH3 is 3. The molecule has 6 heteroatoms. The zero-order valence-corrected chi connectivity index (χ0v) is 18.5. The van der Waals surface area contributed by atoms with Gasteiger partial charge in [0, 0.05) is 22.9 Å². The van der Waals surface area contributed by atoms with Crippen LogP contribution in [0.5, 0.6) is 17.2 Å². The molecule has 0 bridgehead atoms. The third kappa shape index (κ3) is 3.83. The molecule has 0 aliphatic heterocycles. The molecule has 0 fully saturated rings. The van der Waals surface area contributed by atoms with Crippen molar-refractivity contribution in [2.75, 3.05) is 21.3 Å². The Bertz CT molecular complexity index is 1250. The van der Waals surface area contributed by atoms with Gasteiger partial charge in [-0.25, -0.2) is 4.98 Å². The van der Waals surface area contributed by atoms with Gasteiger partial charge in [0.05, 0.1) is 44.6 Å². The van der Waals surface area contributed by atoms with E-state index >= 15 is 0 Å². The summed E-state index contributed by atoms with van der Waals surface area (Å²) in [6.07, 6.45) is 3.63. The minimum absolute atomic E-state index is 0.125. The standard InChI is InChI=1S/C26H24N2O4/c1-17-15-28(16-27-17)21-13-12-18(14-24(21)32-4)26(29)20-9-6-5-8-19(20)25-22(30-2)10-7-11-23(25)31-3/h5-16H,1-4H3.